The lowest BCUT2D eigenvalue weighted by molar-refractivity contribution is -0.139. The van der Waals surface area contributed by atoms with Gasteiger partial charge in [-0.05, 0) is 49.4 Å². The van der Waals surface area contributed by atoms with Gasteiger partial charge in [0.25, 0.3) is 5.91 Å². The molecule has 5 rings (SSSR count). The van der Waals surface area contributed by atoms with E-state index in [2.05, 4.69) is 10.2 Å². The molecule has 3 N–H and O–H groups in total. The highest BCUT2D eigenvalue weighted by atomic mass is 35.5. The van der Waals surface area contributed by atoms with E-state index in [0.29, 0.717) is 49.7 Å². The highest BCUT2D eigenvalue weighted by Gasteiger charge is 2.37. The molecular weight excluding hydrogens is 431 g/mol. The molecule has 32 heavy (non-hydrogen) atoms. The zero-order chi connectivity index (χ0) is 22.3. The molecule has 3 heterocycles. The Morgan fingerprint density at radius 1 is 1.19 bits per heavy atom. The number of rotatable bonds is 4. The summed E-state index contributed by atoms with van der Waals surface area (Å²) in [6.07, 6.45) is 2.65. The van der Waals surface area contributed by atoms with Crippen molar-refractivity contribution < 1.29 is 13.9 Å². The zero-order valence-electron chi connectivity index (χ0n) is 17.9. The third kappa shape index (κ3) is 4.24. The quantitative estimate of drug-likeness (QED) is 0.734. The summed E-state index contributed by atoms with van der Waals surface area (Å²) in [5, 5.41) is 3.99. The standard InChI is InChI=1S/C24H28ClFN4O2/c25-18-12-19-21(13-20(18)29-8-1-9-29)32-22(15-28-19)23(31)30-10-6-24(27,7-11-30)14-16-2-4-17(26)5-3-16/h2-5,12-13,22,28H,1,6-11,14-15,27H2. The molecule has 8 heteroatoms. The number of amides is 1. The molecule has 0 radical (unpaired) electrons. The average molecular weight is 459 g/mol. The van der Waals surface area contributed by atoms with Crippen molar-refractivity contribution in [1.29, 1.82) is 0 Å². The SMILES string of the molecule is NC1(Cc2ccc(F)cc2)CCN(C(=O)C2CNc3cc(Cl)c(N4CCC4)cc3O2)CC1. The minimum Gasteiger partial charge on any atom is -0.476 e. The number of carbonyl (C=O) groups is 1. The average Bonchev–Trinajstić information content (AvgIpc) is 2.74. The van der Waals surface area contributed by atoms with Crippen LogP contribution in [0.3, 0.4) is 0 Å². The lowest BCUT2D eigenvalue weighted by atomic mass is 9.82. The Kier molecular flexibility index (Phi) is 5.63. The number of fused-ring (bicyclic) bond motifs is 1. The summed E-state index contributed by atoms with van der Waals surface area (Å²) >= 11 is 6.44. The fourth-order valence-corrected chi connectivity index (χ4v) is 4.96. The number of halogens is 2. The van der Waals surface area contributed by atoms with Crippen LogP contribution in [0.2, 0.25) is 5.02 Å². The van der Waals surface area contributed by atoms with Crippen molar-refractivity contribution in [2.45, 2.75) is 37.3 Å². The number of benzene rings is 2. The van der Waals surface area contributed by atoms with E-state index in [4.69, 9.17) is 22.1 Å². The van der Waals surface area contributed by atoms with Crippen molar-refractivity contribution >= 4 is 28.9 Å². The maximum atomic E-state index is 13.2. The van der Waals surface area contributed by atoms with Gasteiger partial charge in [0.05, 0.1) is 22.9 Å². The number of carbonyl (C=O) groups excluding carboxylic acids is 1. The van der Waals surface area contributed by atoms with E-state index in [9.17, 15) is 9.18 Å². The minimum absolute atomic E-state index is 0.0209. The largest absolute Gasteiger partial charge is 0.476 e. The predicted molar refractivity (Wildman–Crippen MR) is 124 cm³/mol. The van der Waals surface area contributed by atoms with Crippen molar-refractivity contribution in [3.05, 3.63) is 52.8 Å². The van der Waals surface area contributed by atoms with Gasteiger partial charge >= 0.3 is 0 Å². The zero-order valence-corrected chi connectivity index (χ0v) is 18.7. The van der Waals surface area contributed by atoms with Crippen molar-refractivity contribution in [3.8, 4) is 5.75 Å². The summed E-state index contributed by atoms with van der Waals surface area (Å²) in [4.78, 5) is 17.2. The van der Waals surface area contributed by atoms with E-state index in [1.165, 1.54) is 12.1 Å². The Hall–Kier alpha value is -2.51. The second kappa shape index (κ2) is 8.45. The summed E-state index contributed by atoms with van der Waals surface area (Å²) in [6.45, 7) is 3.55. The number of hydrogen-bond donors (Lipinski definition) is 2. The first kappa shape index (κ1) is 21.3. The summed E-state index contributed by atoms with van der Waals surface area (Å²) < 4.78 is 19.3. The van der Waals surface area contributed by atoms with Gasteiger partial charge in [0.1, 0.15) is 11.6 Å². The first-order valence-electron chi connectivity index (χ1n) is 11.2. The van der Waals surface area contributed by atoms with Gasteiger partial charge in [0.2, 0.25) is 0 Å². The summed E-state index contributed by atoms with van der Waals surface area (Å²) in [5.74, 6) is 0.400. The molecule has 0 saturated carbocycles. The van der Waals surface area contributed by atoms with E-state index in [1.54, 1.807) is 12.1 Å². The fraction of sp³-hybridized carbons (Fsp3) is 0.458. The molecular formula is C24H28ClFN4O2. The van der Waals surface area contributed by atoms with Crippen molar-refractivity contribution in [2.75, 3.05) is 42.9 Å². The van der Waals surface area contributed by atoms with E-state index < -0.39 is 11.6 Å². The predicted octanol–water partition coefficient (Wildman–Crippen LogP) is 3.42. The molecule has 0 aromatic heterocycles. The number of nitrogens with two attached hydrogens (primary N) is 1. The Balaban J connectivity index is 1.21. The van der Waals surface area contributed by atoms with Crippen LogP contribution in [0.1, 0.15) is 24.8 Å². The van der Waals surface area contributed by atoms with Crippen molar-refractivity contribution in [3.63, 3.8) is 0 Å². The van der Waals surface area contributed by atoms with Crippen LogP contribution in [0.25, 0.3) is 0 Å². The first-order chi connectivity index (χ1) is 15.4. The van der Waals surface area contributed by atoms with Gasteiger partial charge in [0.15, 0.2) is 6.10 Å². The molecule has 170 valence electrons. The van der Waals surface area contributed by atoms with Crippen molar-refractivity contribution in [1.82, 2.24) is 4.90 Å². The Morgan fingerprint density at radius 3 is 2.56 bits per heavy atom. The fourth-order valence-electron chi connectivity index (χ4n) is 4.67. The van der Waals surface area contributed by atoms with E-state index in [-0.39, 0.29) is 11.7 Å². The monoisotopic (exact) mass is 458 g/mol. The Bertz CT molecular complexity index is 1000. The number of piperidine rings is 1. The summed E-state index contributed by atoms with van der Waals surface area (Å²) in [7, 11) is 0. The third-order valence-electron chi connectivity index (χ3n) is 6.81. The Morgan fingerprint density at radius 2 is 1.91 bits per heavy atom. The van der Waals surface area contributed by atoms with Crippen LogP contribution in [0.5, 0.6) is 5.75 Å². The van der Waals surface area contributed by atoms with E-state index in [0.717, 1.165) is 36.4 Å². The third-order valence-corrected chi connectivity index (χ3v) is 7.11. The van der Waals surface area contributed by atoms with Gasteiger partial charge in [-0.2, -0.15) is 0 Å². The maximum Gasteiger partial charge on any atom is 0.265 e. The van der Waals surface area contributed by atoms with E-state index in [1.807, 2.05) is 17.0 Å². The summed E-state index contributed by atoms with van der Waals surface area (Å²) in [6, 6.07) is 10.3. The molecule has 2 aromatic rings. The number of likely N-dealkylation sites (tertiary alicyclic amines) is 1. The van der Waals surface area contributed by atoms with Crippen LogP contribution in [-0.2, 0) is 11.2 Å². The molecule has 1 amide bonds. The molecule has 2 fully saturated rings. The van der Waals surface area contributed by atoms with Crippen LogP contribution in [0, 0.1) is 5.82 Å². The molecule has 0 spiro atoms. The molecule has 2 aromatic carbocycles. The Labute approximate surface area is 192 Å². The highest BCUT2D eigenvalue weighted by Crippen LogP contribution is 2.40. The van der Waals surface area contributed by atoms with Gasteiger partial charge in [-0.15, -0.1) is 0 Å². The highest BCUT2D eigenvalue weighted by molar-refractivity contribution is 6.33. The van der Waals surface area contributed by atoms with Gasteiger partial charge < -0.3 is 25.6 Å². The molecule has 1 unspecified atom stereocenters. The maximum absolute atomic E-state index is 13.2. The molecule has 0 aliphatic carbocycles. The van der Waals surface area contributed by atoms with Crippen molar-refractivity contribution in [2.24, 2.45) is 5.73 Å². The second-order valence-electron chi connectivity index (χ2n) is 9.12. The first-order valence-corrected chi connectivity index (χ1v) is 11.6. The van der Waals surface area contributed by atoms with Gasteiger partial charge in [-0.25, -0.2) is 4.39 Å². The summed E-state index contributed by atoms with van der Waals surface area (Å²) in [5.41, 5.74) is 9.02. The molecule has 6 nitrogen and oxygen atoms in total. The molecule has 0 bridgehead atoms. The lowest BCUT2D eigenvalue weighted by Gasteiger charge is -2.41. The molecule has 3 aliphatic heterocycles. The van der Waals surface area contributed by atoms with Crippen LogP contribution in [0.15, 0.2) is 36.4 Å². The molecule has 3 aliphatic rings. The molecule has 2 saturated heterocycles. The number of ether oxygens (including phenoxy) is 1. The minimum atomic E-state index is -0.574. The lowest BCUT2D eigenvalue weighted by Crippen LogP contribution is -2.56. The van der Waals surface area contributed by atoms with Crippen LogP contribution < -0.4 is 20.7 Å². The van der Waals surface area contributed by atoms with E-state index >= 15 is 0 Å². The van der Waals surface area contributed by atoms with Gasteiger partial charge in [-0.1, -0.05) is 23.7 Å². The van der Waals surface area contributed by atoms with Crippen LogP contribution in [-0.4, -0.2) is 55.2 Å². The normalized spacial score (nSPS) is 21.8. The smallest absolute Gasteiger partial charge is 0.265 e. The van der Waals surface area contributed by atoms with Gasteiger partial charge in [-0.3, -0.25) is 4.79 Å². The number of anilines is 2. The second-order valence-corrected chi connectivity index (χ2v) is 9.53. The molecule has 1 atom stereocenters. The number of nitrogens with one attached hydrogen (secondary N) is 1. The van der Waals surface area contributed by atoms with Crippen LogP contribution in [0.4, 0.5) is 15.8 Å². The van der Waals surface area contributed by atoms with Crippen LogP contribution >= 0.6 is 11.6 Å². The topological polar surface area (TPSA) is 70.8 Å². The number of hydrogen-bond acceptors (Lipinski definition) is 5. The number of nitrogens with zero attached hydrogens (tertiary/aromatic N) is 2. The van der Waals surface area contributed by atoms with Gasteiger partial charge in [0, 0.05) is 37.8 Å².